The highest BCUT2D eigenvalue weighted by molar-refractivity contribution is 7.99. The van der Waals surface area contributed by atoms with Gasteiger partial charge in [0, 0.05) is 10.9 Å². The minimum Gasteiger partial charge on any atom is -0.353 e. The summed E-state index contributed by atoms with van der Waals surface area (Å²) in [5.41, 5.74) is 2.44. The zero-order valence-electron chi connectivity index (χ0n) is 16.5. The van der Waals surface area contributed by atoms with Crippen LogP contribution < -0.4 is 10.9 Å². The quantitative estimate of drug-likeness (QED) is 0.573. The number of rotatable bonds is 8. The van der Waals surface area contributed by atoms with Crippen molar-refractivity contribution in [3.05, 3.63) is 62.5 Å². The van der Waals surface area contributed by atoms with Crippen molar-refractivity contribution in [2.45, 2.75) is 50.8 Å². The lowest BCUT2D eigenvalue weighted by Gasteiger charge is -2.13. The van der Waals surface area contributed by atoms with Gasteiger partial charge in [-0.05, 0) is 50.2 Å². The van der Waals surface area contributed by atoms with Crippen molar-refractivity contribution in [2.75, 3.05) is 5.75 Å². The second kappa shape index (κ2) is 9.13. The van der Waals surface area contributed by atoms with Crippen LogP contribution in [0.5, 0.6) is 0 Å². The van der Waals surface area contributed by atoms with Crippen LogP contribution in [0.15, 0.2) is 35.1 Å². The number of amides is 1. The summed E-state index contributed by atoms with van der Waals surface area (Å²) in [6.45, 7) is 2.04. The molecular weight excluding hydrogens is 402 g/mol. The van der Waals surface area contributed by atoms with Crippen molar-refractivity contribution in [1.82, 2.24) is 15.3 Å². The summed E-state index contributed by atoms with van der Waals surface area (Å²) >= 11 is 3.13. The fraction of sp³-hybridized carbons (Fsp3) is 0.409. The number of carbonyl (C=O) groups is 1. The third-order valence-electron chi connectivity index (χ3n) is 5.21. The third-order valence-corrected chi connectivity index (χ3v) is 7.34. The topological polar surface area (TPSA) is 74.8 Å². The van der Waals surface area contributed by atoms with Gasteiger partial charge in [0.2, 0.25) is 5.91 Å². The molecule has 0 fully saturated rings. The number of hydrogen-bond acceptors (Lipinski definition) is 5. The molecule has 0 saturated heterocycles. The Hall–Kier alpha value is -2.12. The van der Waals surface area contributed by atoms with Crippen LogP contribution in [-0.4, -0.2) is 27.7 Å². The second-order valence-electron chi connectivity index (χ2n) is 7.54. The molecule has 1 aliphatic carbocycles. The van der Waals surface area contributed by atoms with Gasteiger partial charge < -0.3 is 10.3 Å². The Bertz CT molecular complexity index is 1060. The van der Waals surface area contributed by atoms with E-state index in [2.05, 4.69) is 27.4 Å². The smallest absolute Gasteiger partial charge is 0.259 e. The number of thiophene rings is 1. The van der Waals surface area contributed by atoms with Crippen molar-refractivity contribution in [3.63, 3.8) is 0 Å². The number of H-pyrrole nitrogens is 1. The van der Waals surface area contributed by atoms with Crippen LogP contribution in [-0.2, 0) is 29.8 Å². The standard InChI is InChI=1S/C22H25N3O2S2/c1-14(10-11-15-6-3-2-4-7-15)23-19(26)13-28-12-18-24-21(27)20-16-8-5-9-17(16)29-22(20)25-18/h2-4,6-7,14H,5,8-13H2,1H3,(H,23,26)(H,24,25,27). The van der Waals surface area contributed by atoms with Gasteiger partial charge in [-0.15, -0.1) is 23.1 Å². The number of aryl methyl sites for hydroxylation is 3. The van der Waals surface area contributed by atoms with E-state index < -0.39 is 0 Å². The molecular formula is C22H25N3O2S2. The van der Waals surface area contributed by atoms with Crippen molar-refractivity contribution in [1.29, 1.82) is 0 Å². The summed E-state index contributed by atoms with van der Waals surface area (Å²) in [4.78, 5) is 34.4. The Labute approximate surface area is 178 Å². The largest absolute Gasteiger partial charge is 0.353 e. The van der Waals surface area contributed by atoms with Crippen LogP contribution in [0.1, 0.15) is 41.6 Å². The summed E-state index contributed by atoms with van der Waals surface area (Å²) in [6, 6.07) is 10.4. The van der Waals surface area contributed by atoms with E-state index in [0.717, 1.165) is 42.3 Å². The number of thioether (sulfide) groups is 1. The molecule has 2 aromatic heterocycles. The van der Waals surface area contributed by atoms with Gasteiger partial charge >= 0.3 is 0 Å². The highest BCUT2D eigenvalue weighted by atomic mass is 32.2. The van der Waals surface area contributed by atoms with E-state index in [-0.39, 0.29) is 17.5 Å². The fourth-order valence-electron chi connectivity index (χ4n) is 3.77. The maximum absolute atomic E-state index is 12.5. The van der Waals surface area contributed by atoms with Gasteiger partial charge in [0.05, 0.1) is 16.9 Å². The van der Waals surface area contributed by atoms with Crippen LogP contribution in [0.4, 0.5) is 0 Å². The number of fused-ring (bicyclic) bond motifs is 3. The molecule has 1 aliphatic rings. The molecule has 1 aromatic carbocycles. The molecule has 5 nitrogen and oxygen atoms in total. The molecule has 2 N–H and O–H groups in total. The van der Waals surface area contributed by atoms with Crippen molar-refractivity contribution >= 4 is 39.2 Å². The molecule has 7 heteroatoms. The summed E-state index contributed by atoms with van der Waals surface area (Å²) < 4.78 is 0. The molecule has 152 valence electrons. The molecule has 29 heavy (non-hydrogen) atoms. The zero-order chi connectivity index (χ0) is 20.2. The zero-order valence-corrected chi connectivity index (χ0v) is 18.1. The van der Waals surface area contributed by atoms with Crippen LogP contribution in [0.25, 0.3) is 10.2 Å². The average Bonchev–Trinajstić information content (AvgIpc) is 3.28. The van der Waals surface area contributed by atoms with E-state index in [0.29, 0.717) is 17.3 Å². The van der Waals surface area contributed by atoms with E-state index in [1.54, 1.807) is 11.3 Å². The van der Waals surface area contributed by atoms with Gasteiger partial charge in [0.25, 0.3) is 5.56 Å². The summed E-state index contributed by atoms with van der Waals surface area (Å²) in [5, 5.41) is 3.83. The molecule has 1 atom stereocenters. The Morgan fingerprint density at radius 1 is 1.31 bits per heavy atom. The first-order chi connectivity index (χ1) is 14.1. The van der Waals surface area contributed by atoms with Gasteiger partial charge in [-0.25, -0.2) is 4.98 Å². The third kappa shape index (κ3) is 4.90. The lowest BCUT2D eigenvalue weighted by atomic mass is 10.1. The Balaban J connectivity index is 1.25. The highest BCUT2D eigenvalue weighted by Gasteiger charge is 2.21. The van der Waals surface area contributed by atoms with E-state index in [4.69, 9.17) is 0 Å². The molecule has 0 bridgehead atoms. The maximum atomic E-state index is 12.5. The first kappa shape index (κ1) is 20.2. The molecule has 0 saturated carbocycles. The number of aromatic nitrogens is 2. The molecule has 4 rings (SSSR count). The summed E-state index contributed by atoms with van der Waals surface area (Å²) in [5.74, 6) is 1.56. The lowest BCUT2D eigenvalue weighted by Crippen LogP contribution is -2.34. The number of benzene rings is 1. The number of hydrogen-bond donors (Lipinski definition) is 2. The fourth-order valence-corrected chi connectivity index (χ4v) is 5.75. The van der Waals surface area contributed by atoms with Gasteiger partial charge in [-0.3, -0.25) is 9.59 Å². The molecule has 2 heterocycles. The van der Waals surface area contributed by atoms with Crippen molar-refractivity contribution in [2.24, 2.45) is 0 Å². The first-order valence-corrected chi connectivity index (χ1v) is 12.0. The molecule has 0 spiro atoms. The SMILES string of the molecule is CC(CCc1ccccc1)NC(=O)CSCc1nc2sc3c(c2c(=O)[nH]1)CCC3. The van der Waals surface area contributed by atoms with Crippen LogP contribution in [0, 0.1) is 0 Å². The minimum absolute atomic E-state index is 0.0223. The molecule has 1 unspecified atom stereocenters. The van der Waals surface area contributed by atoms with E-state index in [1.807, 2.05) is 25.1 Å². The summed E-state index contributed by atoms with van der Waals surface area (Å²) in [6.07, 6.45) is 5.03. The van der Waals surface area contributed by atoms with Crippen LogP contribution >= 0.6 is 23.1 Å². The van der Waals surface area contributed by atoms with Gasteiger partial charge in [-0.2, -0.15) is 0 Å². The molecule has 0 aliphatic heterocycles. The Morgan fingerprint density at radius 2 is 2.14 bits per heavy atom. The van der Waals surface area contributed by atoms with Gasteiger partial charge in [0.15, 0.2) is 0 Å². The number of nitrogens with one attached hydrogen (secondary N) is 2. The predicted octanol–water partition coefficient (Wildman–Crippen LogP) is 3.84. The Morgan fingerprint density at radius 3 is 2.97 bits per heavy atom. The minimum atomic E-state index is -0.0380. The van der Waals surface area contributed by atoms with E-state index in [1.165, 1.54) is 27.8 Å². The number of aromatic amines is 1. The van der Waals surface area contributed by atoms with Crippen LogP contribution in [0.2, 0.25) is 0 Å². The highest BCUT2D eigenvalue weighted by Crippen LogP contribution is 2.34. The Kier molecular flexibility index (Phi) is 6.35. The van der Waals surface area contributed by atoms with E-state index in [9.17, 15) is 9.59 Å². The van der Waals surface area contributed by atoms with Crippen molar-refractivity contribution < 1.29 is 4.79 Å². The first-order valence-electron chi connectivity index (χ1n) is 10.0. The van der Waals surface area contributed by atoms with E-state index >= 15 is 0 Å². The summed E-state index contributed by atoms with van der Waals surface area (Å²) in [7, 11) is 0. The molecule has 0 radical (unpaired) electrons. The molecule has 3 aromatic rings. The monoisotopic (exact) mass is 427 g/mol. The molecule has 1 amide bonds. The van der Waals surface area contributed by atoms with Gasteiger partial charge in [0.1, 0.15) is 10.7 Å². The maximum Gasteiger partial charge on any atom is 0.259 e. The van der Waals surface area contributed by atoms with Gasteiger partial charge in [-0.1, -0.05) is 30.3 Å². The van der Waals surface area contributed by atoms with Crippen LogP contribution in [0.3, 0.4) is 0 Å². The lowest BCUT2D eigenvalue weighted by molar-refractivity contribution is -0.119. The predicted molar refractivity (Wildman–Crippen MR) is 121 cm³/mol. The second-order valence-corrected chi connectivity index (χ2v) is 9.60. The number of carbonyl (C=O) groups excluding carboxylic acids is 1. The average molecular weight is 428 g/mol. The number of nitrogens with zero attached hydrogens (tertiary/aromatic N) is 1. The normalized spacial score (nSPS) is 14.1. The van der Waals surface area contributed by atoms with Crippen molar-refractivity contribution in [3.8, 4) is 0 Å².